The van der Waals surface area contributed by atoms with E-state index in [1.165, 1.54) is 0 Å². The second-order valence-corrected chi connectivity index (χ2v) is 4.76. The molecule has 3 nitrogen and oxygen atoms in total. The summed E-state index contributed by atoms with van der Waals surface area (Å²) in [4.78, 5) is 28.5. The van der Waals surface area contributed by atoms with Gasteiger partial charge in [0, 0.05) is 23.4 Å². The maximum Gasteiger partial charge on any atom is 0.212 e. The predicted octanol–water partition coefficient (Wildman–Crippen LogP) is 0.578. The van der Waals surface area contributed by atoms with Crippen molar-refractivity contribution in [3.63, 3.8) is 0 Å². The third kappa shape index (κ3) is 1.30. The lowest BCUT2D eigenvalue weighted by Gasteiger charge is -2.20. The molecule has 0 saturated carbocycles. The van der Waals surface area contributed by atoms with E-state index >= 15 is 0 Å². The summed E-state index contributed by atoms with van der Waals surface area (Å²) in [6, 6.07) is 9.22. The van der Waals surface area contributed by atoms with Crippen molar-refractivity contribution in [1.82, 2.24) is 4.98 Å². The molecule has 2 aliphatic carbocycles. The predicted molar refractivity (Wildman–Crippen MR) is 70.0 cm³/mol. The van der Waals surface area contributed by atoms with Crippen molar-refractivity contribution in [2.24, 2.45) is 0 Å². The number of Topliss-reactive ketones (excluding diaryl/α,β-unsaturated/α-hetero) is 1. The lowest BCUT2D eigenvalue weighted by atomic mass is 9.83. The quantitative estimate of drug-likeness (QED) is 0.684. The first-order valence-electron chi connectivity index (χ1n) is 6.12. The molecule has 1 aromatic carbocycles. The van der Waals surface area contributed by atoms with E-state index in [9.17, 15) is 9.59 Å². The topological polar surface area (TPSA) is 47.0 Å². The molecule has 0 atom stereocenters. The summed E-state index contributed by atoms with van der Waals surface area (Å²) < 4.78 is 0. The van der Waals surface area contributed by atoms with Gasteiger partial charge in [-0.1, -0.05) is 24.3 Å². The lowest BCUT2D eigenvalue weighted by Crippen LogP contribution is -2.41. The molecule has 0 radical (unpaired) electrons. The fourth-order valence-corrected chi connectivity index (χ4v) is 2.88. The molecule has 1 heterocycles. The third-order valence-corrected chi connectivity index (χ3v) is 3.66. The minimum atomic E-state index is -0.0565. The second-order valence-electron chi connectivity index (χ2n) is 4.76. The van der Waals surface area contributed by atoms with Crippen LogP contribution in [0.3, 0.4) is 0 Å². The Balaban J connectivity index is 2.29. The number of rotatable bonds is 0. The Kier molecular flexibility index (Phi) is 1.90. The molecular weight excluding hydrogens is 238 g/mol. The Bertz CT molecular complexity index is 878. The van der Waals surface area contributed by atoms with Crippen LogP contribution in [0.15, 0.2) is 36.5 Å². The Labute approximate surface area is 108 Å². The van der Waals surface area contributed by atoms with Crippen LogP contribution in [0.4, 0.5) is 0 Å². The largest absolute Gasteiger partial charge is 0.294 e. The molecule has 2 aliphatic rings. The van der Waals surface area contributed by atoms with E-state index in [1.54, 1.807) is 24.4 Å². The molecule has 2 aromatic rings. The number of ketones is 2. The number of hydrogen-bond donors (Lipinski definition) is 0. The molecule has 1 aromatic heterocycles. The maximum atomic E-state index is 12.5. The van der Waals surface area contributed by atoms with E-state index in [-0.39, 0.29) is 11.6 Å². The highest BCUT2D eigenvalue weighted by Crippen LogP contribution is 2.26. The Morgan fingerprint density at radius 3 is 2.63 bits per heavy atom. The normalized spacial score (nSPS) is 15.7. The van der Waals surface area contributed by atoms with Gasteiger partial charge in [-0.25, -0.2) is 0 Å². The average Bonchev–Trinajstić information content (AvgIpc) is 2.44. The molecule has 0 unspecified atom stereocenters. The first-order valence-corrected chi connectivity index (χ1v) is 6.12. The van der Waals surface area contributed by atoms with Crippen molar-refractivity contribution in [1.29, 1.82) is 0 Å². The average molecular weight is 247 g/mol. The van der Waals surface area contributed by atoms with Crippen LogP contribution in [-0.4, -0.2) is 16.6 Å². The third-order valence-electron chi connectivity index (χ3n) is 3.66. The first kappa shape index (κ1) is 10.4. The van der Waals surface area contributed by atoms with Crippen molar-refractivity contribution < 1.29 is 9.59 Å². The molecule has 0 bridgehead atoms. The summed E-state index contributed by atoms with van der Waals surface area (Å²) >= 11 is 0. The van der Waals surface area contributed by atoms with Gasteiger partial charge >= 0.3 is 0 Å². The van der Waals surface area contributed by atoms with Crippen molar-refractivity contribution >= 4 is 23.2 Å². The van der Waals surface area contributed by atoms with E-state index in [0.717, 1.165) is 21.6 Å². The van der Waals surface area contributed by atoms with Crippen LogP contribution >= 0.6 is 0 Å². The number of fused-ring (bicyclic) bond motifs is 2. The van der Waals surface area contributed by atoms with E-state index in [2.05, 4.69) is 4.98 Å². The van der Waals surface area contributed by atoms with E-state index in [0.29, 0.717) is 17.7 Å². The number of pyridine rings is 1. The summed E-state index contributed by atoms with van der Waals surface area (Å²) in [7, 11) is 0. The SMILES string of the molecule is O=C1C=c2ccnc3c2=C(C1)c1ccccc1C3=O. The van der Waals surface area contributed by atoms with E-state index in [1.807, 2.05) is 18.2 Å². The van der Waals surface area contributed by atoms with Gasteiger partial charge in [-0.2, -0.15) is 0 Å². The number of aromatic nitrogens is 1. The second kappa shape index (κ2) is 3.48. The van der Waals surface area contributed by atoms with Gasteiger partial charge in [-0.3, -0.25) is 14.6 Å². The lowest BCUT2D eigenvalue weighted by molar-refractivity contribution is -0.112. The Morgan fingerprint density at radius 2 is 1.79 bits per heavy atom. The van der Waals surface area contributed by atoms with Crippen molar-refractivity contribution in [2.75, 3.05) is 0 Å². The van der Waals surface area contributed by atoms with Gasteiger partial charge in [0.15, 0.2) is 5.78 Å². The van der Waals surface area contributed by atoms with Gasteiger partial charge in [0.25, 0.3) is 0 Å². The minimum Gasteiger partial charge on any atom is -0.294 e. The number of benzene rings is 1. The van der Waals surface area contributed by atoms with Gasteiger partial charge in [-0.15, -0.1) is 0 Å². The number of carbonyl (C=O) groups excluding carboxylic acids is 2. The highest BCUT2D eigenvalue weighted by Gasteiger charge is 2.27. The van der Waals surface area contributed by atoms with Crippen molar-refractivity contribution in [3.8, 4) is 0 Å². The van der Waals surface area contributed by atoms with Crippen molar-refractivity contribution in [3.05, 3.63) is 63.8 Å². The van der Waals surface area contributed by atoms with Crippen LogP contribution in [0.2, 0.25) is 0 Å². The molecule has 0 saturated heterocycles. The molecule has 0 spiro atoms. The standard InChI is InChI=1S/C16H9NO2/c18-10-7-9-5-6-17-15-14(9)13(8-10)11-3-1-2-4-12(11)16(15)19/h1-7H,8H2. The summed E-state index contributed by atoms with van der Waals surface area (Å²) in [5, 5.41) is 1.64. The zero-order valence-electron chi connectivity index (χ0n) is 10.0. The first-order chi connectivity index (χ1) is 9.25. The van der Waals surface area contributed by atoms with Crippen LogP contribution in [0.5, 0.6) is 0 Å². The van der Waals surface area contributed by atoms with Crippen LogP contribution in [-0.2, 0) is 4.79 Å². The highest BCUT2D eigenvalue weighted by molar-refractivity contribution is 6.18. The zero-order chi connectivity index (χ0) is 13.0. The number of hydrogen-bond acceptors (Lipinski definition) is 3. The number of nitrogens with zero attached hydrogens (tertiary/aromatic N) is 1. The van der Waals surface area contributed by atoms with Gasteiger partial charge in [0.05, 0.1) is 0 Å². The Morgan fingerprint density at radius 1 is 1.00 bits per heavy atom. The molecular formula is C16H9NO2. The zero-order valence-corrected chi connectivity index (χ0v) is 10.0. The van der Waals surface area contributed by atoms with Gasteiger partial charge < -0.3 is 0 Å². The fourth-order valence-electron chi connectivity index (χ4n) is 2.88. The highest BCUT2D eigenvalue weighted by atomic mass is 16.1. The van der Waals surface area contributed by atoms with Crippen molar-refractivity contribution in [2.45, 2.75) is 6.42 Å². The monoisotopic (exact) mass is 247 g/mol. The van der Waals surface area contributed by atoms with Crippen LogP contribution in [0.25, 0.3) is 11.6 Å². The van der Waals surface area contributed by atoms with Crippen LogP contribution in [0, 0.1) is 0 Å². The maximum absolute atomic E-state index is 12.5. The Hall–Kier alpha value is -2.55. The summed E-state index contributed by atoms with van der Waals surface area (Å²) in [6.07, 6.45) is 3.54. The molecule has 19 heavy (non-hydrogen) atoms. The number of carbonyl (C=O) groups is 2. The molecule has 90 valence electrons. The minimum absolute atomic E-state index is 0.0565. The fraction of sp³-hybridized carbons (Fsp3) is 0.0625. The smallest absolute Gasteiger partial charge is 0.212 e. The summed E-state index contributed by atoms with van der Waals surface area (Å²) in [6.45, 7) is 0. The molecule has 0 N–H and O–H groups in total. The van der Waals surface area contributed by atoms with E-state index in [4.69, 9.17) is 0 Å². The molecule has 0 aliphatic heterocycles. The van der Waals surface area contributed by atoms with Crippen LogP contribution < -0.4 is 10.4 Å². The molecule has 0 fully saturated rings. The summed E-state index contributed by atoms with van der Waals surface area (Å²) in [5.74, 6) is 0.0164. The van der Waals surface area contributed by atoms with Gasteiger partial charge in [0.1, 0.15) is 5.69 Å². The summed E-state index contributed by atoms with van der Waals surface area (Å²) in [5.41, 5.74) is 2.91. The van der Waals surface area contributed by atoms with Gasteiger partial charge in [-0.05, 0) is 28.5 Å². The molecule has 0 amide bonds. The van der Waals surface area contributed by atoms with E-state index < -0.39 is 0 Å². The van der Waals surface area contributed by atoms with Gasteiger partial charge in [0.2, 0.25) is 5.78 Å². The molecule has 3 heteroatoms. The van der Waals surface area contributed by atoms with Crippen LogP contribution in [0.1, 0.15) is 28.0 Å². The molecule has 4 rings (SSSR count).